The van der Waals surface area contributed by atoms with E-state index in [9.17, 15) is 67.7 Å². The number of rotatable bonds is 27. The summed E-state index contributed by atoms with van der Waals surface area (Å²) in [4.78, 5) is 235. The van der Waals surface area contributed by atoms with Gasteiger partial charge in [0.2, 0.25) is 88.6 Å². The average molecular weight is 1730 g/mol. The van der Waals surface area contributed by atoms with Crippen LogP contribution >= 0.6 is 11.8 Å². The summed E-state index contributed by atoms with van der Waals surface area (Å²) in [6.07, 6.45) is 1.53. The summed E-state index contributed by atoms with van der Waals surface area (Å²) < 4.78 is 0. The molecule has 15 amide bonds. The summed E-state index contributed by atoms with van der Waals surface area (Å²) in [5.41, 5.74) is 25.7. The van der Waals surface area contributed by atoms with Gasteiger partial charge < -0.3 is 118 Å². The highest BCUT2D eigenvalue weighted by Crippen LogP contribution is 2.24. The second kappa shape index (κ2) is 48.7. The minimum Gasteiger partial charge on any atom is -0.481 e. The van der Waals surface area contributed by atoms with Crippen molar-refractivity contribution in [1.29, 1.82) is 5.41 Å². The normalized spacial score (nSPS) is 22.9. The van der Waals surface area contributed by atoms with Crippen LogP contribution in [0.1, 0.15) is 128 Å². The molecule has 123 heavy (non-hydrogen) atoms. The number of benzene rings is 4. The van der Waals surface area contributed by atoms with E-state index >= 15 is 19.2 Å². The second-order valence-corrected chi connectivity index (χ2v) is 31.7. The Morgan fingerprint density at radius 3 is 1.51 bits per heavy atom. The maximum Gasteiger partial charge on any atom is 0.305 e. The zero-order valence-corrected chi connectivity index (χ0v) is 70.2. The third-order valence-electron chi connectivity index (χ3n) is 20.8. The average Bonchev–Trinajstić information content (AvgIpc) is 1.75. The van der Waals surface area contributed by atoms with E-state index in [4.69, 9.17) is 28.3 Å². The molecule has 1 fully saturated rings. The third-order valence-corrected chi connectivity index (χ3v) is 21.9. The first-order chi connectivity index (χ1) is 58.7. The SMILES string of the molecule is CCCC[C@@H]1NC(=O)[C@H](Cc2c[nH]c3ccccc23)NC(=O)[C@H](CC(=O)O)NC(=O)[C@H](CCCNC(=N)N)NC(=O)CNC(=O)[C@H](CO)NC(=O)[C@H]([C@@H](C)CC)NC(=O)[C@H](Cc2ccc3ccccc3c2)NC(=O)[C@H](CCC(N)=O)NC(=O)CSC[C@@H](C(N)=O)NC(=O)[C@H](C(C)C)NC(=O)[C@H](Cc2c[nH]c3ccccc23)NC(=O)[C@H](CCCCN)NC1=O. The number of guanidine groups is 1. The van der Waals surface area contributed by atoms with E-state index in [0.717, 1.165) is 22.5 Å². The predicted molar refractivity (Wildman–Crippen MR) is 458 cm³/mol. The van der Waals surface area contributed by atoms with Crippen molar-refractivity contribution in [2.75, 3.05) is 37.7 Å². The van der Waals surface area contributed by atoms with Gasteiger partial charge in [0.05, 0.1) is 25.3 Å². The van der Waals surface area contributed by atoms with E-state index in [1.165, 1.54) is 0 Å². The van der Waals surface area contributed by atoms with Crippen molar-refractivity contribution < 1.29 is 86.9 Å². The molecule has 1 aliphatic heterocycles. The number of primary amides is 2. The first-order valence-electron chi connectivity index (χ1n) is 40.9. The fourth-order valence-electron chi connectivity index (χ4n) is 13.8. The van der Waals surface area contributed by atoms with Gasteiger partial charge in [0.1, 0.15) is 72.5 Å². The van der Waals surface area contributed by atoms with Crippen LogP contribution in [0.15, 0.2) is 103 Å². The molecule has 0 saturated carbocycles. The number of carboxylic acid groups (broad SMARTS) is 1. The van der Waals surface area contributed by atoms with Crippen LogP contribution in [0.2, 0.25) is 0 Å². The first kappa shape index (κ1) is 97.4. The zero-order chi connectivity index (χ0) is 90.0. The largest absolute Gasteiger partial charge is 0.481 e. The van der Waals surface area contributed by atoms with Gasteiger partial charge in [0.25, 0.3) is 0 Å². The number of hydrogen-bond acceptors (Lipinski definition) is 20. The van der Waals surface area contributed by atoms with Crippen molar-refractivity contribution in [3.8, 4) is 0 Å². The summed E-state index contributed by atoms with van der Waals surface area (Å²) in [5.74, 6) is -19.5. The van der Waals surface area contributed by atoms with Gasteiger partial charge in [-0.05, 0) is 103 Å². The van der Waals surface area contributed by atoms with Crippen LogP contribution in [0.5, 0.6) is 0 Å². The lowest BCUT2D eigenvalue weighted by Gasteiger charge is -2.29. The molecule has 1 saturated heterocycles. The number of aliphatic hydroxyl groups is 1. The van der Waals surface area contributed by atoms with Gasteiger partial charge in [-0.15, -0.1) is 11.8 Å². The molecule has 7 rings (SSSR count). The number of fused-ring (bicyclic) bond motifs is 3. The van der Waals surface area contributed by atoms with Gasteiger partial charge in [-0.1, -0.05) is 133 Å². The number of carbonyl (C=O) groups is 16. The molecule has 13 atom stereocenters. The number of aliphatic hydroxyl groups excluding tert-OH is 1. The molecule has 3 heterocycles. The number of amides is 15. The molecule has 4 aromatic carbocycles. The zero-order valence-electron chi connectivity index (χ0n) is 69.4. The Morgan fingerprint density at radius 1 is 0.504 bits per heavy atom. The van der Waals surface area contributed by atoms with E-state index in [-0.39, 0.29) is 76.6 Å². The molecule has 666 valence electrons. The summed E-state index contributed by atoms with van der Waals surface area (Å²) in [7, 11) is 0. The molecule has 39 nitrogen and oxygen atoms in total. The van der Waals surface area contributed by atoms with Gasteiger partial charge in [-0.25, -0.2) is 0 Å². The van der Waals surface area contributed by atoms with Crippen LogP contribution in [-0.4, -0.2) is 231 Å². The number of carboxylic acids is 1. The molecule has 40 heteroatoms. The van der Waals surface area contributed by atoms with Crippen molar-refractivity contribution in [1.82, 2.24) is 84.4 Å². The molecule has 6 aromatic rings. The Bertz CT molecular complexity index is 4750. The molecule has 0 bridgehead atoms. The van der Waals surface area contributed by atoms with Gasteiger partial charge in [0, 0.05) is 72.2 Å². The van der Waals surface area contributed by atoms with Crippen molar-refractivity contribution in [3.63, 3.8) is 0 Å². The van der Waals surface area contributed by atoms with Crippen molar-refractivity contribution >= 4 is 145 Å². The molecule has 27 N–H and O–H groups in total. The highest BCUT2D eigenvalue weighted by Gasteiger charge is 2.39. The van der Waals surface area contributed by atoms with Crippen LogP contribution in [0.25, 0.3) is 32.6 Å². The summed E-state index contributed by atoms with van der Waals surface area (Å²) in [6.45, 7) is 6.32. The van der Waals surface area contributed by atoms with Crippen molar-refractivity contribution in [3.05, 3.63) is 120 Å². The molecule has 0 radical (unpaired) electrons. The number of aromatic nitrogens is 2. The maximum atomic E-state index is 15.2. The van der Waals surface area contributed by atoms with Gasteiger partial charge in [-0.3, -0.25) is 82.1 Å². The van der Waals surface area contributed by atoms with Gasteiger partial charge >= 0.3 is 5.97 Å². The Labute approximate surface area is 714 Å². The summed E-state index contributed by atoms with van der Waals surface area (Å²) >= 11 is 0.787. The molecular formula is C83H115N21O18S. The minimum absolute atomic E-state index is 0.0252. The van der Waals surface area contributed by atoms with Crippen molar-refractivity contribution in [2.24, 2.45) is 34.8 Å². The minimum atomic E-state index is -2.02. The van der Waals surface area contributed by atoms with Gasteiger partial charge in [0.15, 0.2) is 5.96 Å². The molecular weight excluding hydrogens is 1610 g/mol. The lowest BCUT2D eigenvalue weighted by Crippen LogP contribution is -2.61. The number of carbonyl (C=O) groups excluding carboxylic acids is 15. The number of hydrogen-bond donors (Lipinski definition) is 23. The summed E-state index contributed by atoms with van der Waals surface area (Å²) in [5, 5.41) is 67.5. The number of aromatic amines is 2. The highest BCUT2D eigenvalue weighted by atomic mass is 32.2. The molecule has 0 spiro atoms. The number of nitrogens with one attached hydrogen (secondary N) is 17. The van der Waals surface area contributed by atoms with Crippen LogP contribution < -0.4 is 97.4 Å². The van der Waals surface area contributed by atoms with E-state index in [1.54, 1.807) is 113 Å². The summed E-state index contributed by atoms with van der Waals surface area (Å²) in [6, 6.07) is 7.23. The smallest absolute Gasteiger partial charge is 0.305 e. The van der Waals surface area contributed by atoms with Crippen LogP contribution in [0.3, 0.4) is 0 Å². The van der Waals surface area contributed by atoms with Crippen LogP contribution in [0.4, 0.5) is 0 Å². The number of aliphatic carboxylic acids is 1. The first-order valence-corrected chi connectivity index (χ1v) is 42.1. The van der Waals surface area contributed by atoms with Crippen LogP contribution in [0, 0.1) is 17.2 Å². The monoisotopic (exact) mass is 1730 g/mol. The topological polar surface area (TPSA) is 642 Å². The second-order valence-electron chi connectivity index (χ2n) is 30.7. The number of H-pyrrole nitrogens is 2. The molecule has 0 aliphatic carbocycles. The lowest BCUT2D eigenvalue weighted by molar-refractivity contribution is -0.141. The number of para-hydroxylation sites is 2. The van der Waals surface area contributed by atoms with Gasteiger partial charge in [-0.2, -0.15) is 0 Å². The standard InChI is InChI=1S/C83H115N21O18S/c1-6-8-22-56-74(114)95-57(25-15-16-31-84)75(115)98-61(36-50-39-91-54-24-14-12-21-52(50)54)80(120)103-69(44(3)4)81(121)102-64(71(86)111)42-123-43-67(108)94-58(29-30-65(85)106)76(116)97-59(34-46-27-28-47-18-9-10-19-48(47)33-46)79(119)104-70(45(5)7-2)82(122)101-63(41-105)72(112)92-40-66(107)93-55(26-17-32-89-83(87)88)73(113)100-62(37-68(109)110)78(118)99-60(77(117)96-56)35-49-38-90-53-23-13-11-20-51(49)53/h9-14,18-21,23-24,27-28,33,38-39,44-45,55-64,69-70,90-91,105H,6-8,15-17,22,25-26,29-32,34-37,40-43,84H2,1-5H3,(H2,85,106)(H2,86,111)(H,92,112)(H,93,107)(H,94,108)(H,95,114)(H,96,117)(H,97,116)(H,98,115)(H,99,118)(H,100,113)(H,101,122)(H,102,121)(H,103,120)(H,104,119)(H,109,110)(H4,87,88,89)/t45-,55-,56-,57-,58-,59-,60-,61-,62-,63-,64-,69-,70-/m0/s1. The number of nitrogens with two attached hydrogens (primary N) is 4. The van der Waals surface area contributed by atoms with E-state index in [1.807, 2.05) is 25.1 Å². The third kappa shape index (κ3) is 30.4. The Balaban J connectivity index is 1.28. The predicted octanol–water partition coefficient (Wildman–Crippen LogP) is -1.99. The molecule has 1 aliphatic rings. The van der Waals surface area contributed by atoms with E-state index in [0.29, 0.717) is 57.8 Å². The lowest BCUT2D eigenvalue weighted by atomic mass is 9.96. The van der Waals surface area contributed by atoms with Crippen molar-refractivity contribution in [2.45, 2.75) is 203 Å². The number of unbranched alkanes of at least 4 members (excludes halogenated alkanes) is 2. The molecule has 0 unspecified atom stereocenters. The van der Waals surface area contributed by atoms with E-state index in [2.05, 4.69) is 84.4 Å². The maximum absolute atomic E-state index is 15.2. The highest BCUT2D eigenvalue weighted by molar-refractivity contribution is 8.00. The fourth-order valence-corrected chi connectivity index (χ4v) is 14.6. The Morgan fingerprint density at radius 2 is 0.976 bits per heavy atom. The van der Waals surface area contributed by atoms with E-state index < -0.39 is 223 Å². The number of thioether (sulfide) groups is 1. The fraction of sp³-hybridized carbons (Fsp3) is 0.482. The Hall–Kier alpha value is -12.7. The van der Waals surface area contributed by atoms with Crippen LogP contribution in [-0.2, 0) is 96.0 Å². The Kier molecular flexibility index (Phi) is 38.5. The molecule has 2 aromatic heterocycles. The quantitative estimate of drug-likeness (QED) is 0.0151.